The van der Waals surface area contributed by atoms with Crippen molar-refractivity contribution in [2.45, 2.75) is 37.2 Å². The normalized spacial score (nSPS) is 24.7. The second-order valence-corrected chi connectivity index (χ2v) is 5.37. The molecule has 2 aliphatic rings. The SMILES string of the molecule is O=C(O)C1(c2ccc(OC3CCCOC3)cc2)CC1. The minimum absolute atomic E-state index is 0.119. The number of carboxylic acid groups (broad SMARTS) is 1. The van der Waals surface area contributed by atoms with Gasteiger partial charge in [0, 0.05) is 6.61 Å². The molecule has 0 spiro atoms. The quantitative estimate of drug-likeness (QED) is 0.905. The van der Waals surface area contributed by atoms with E-state index in [-0.39, 0.29) is 6.10 Å². The Balaban J connectivity index is 1.67. The zero-order valence-electron chi connectivity index (χ0n) is 10.8. The molecule has 1 atom stereocenters. The van der Waals surface area contributed by atoms with Crippen molar-refractivity contribution in [1.82, 2.24) is 0 Å². The van der Waals surface area contributed by atoms with Crippen LogP contribution in [0, 0.1) is 0 Å². The smallest absolute Gasteiger partial charge is 0.314 e. The number of aliphatic carboxylic acids is 1. The van der Waals surface area contributed by atoms with Crippen LogP contribution in [-0.4, -0.2) is 30.4 Å². The molecule has 0 aromatic heterocycles. The number of ether oxygens (including phenoxy) is 2. The van der Waals surface area contributed by atoms with Gasteiger partial charge in [-0.15, -0.1) is 0 Å². The molecule has 102 valence electrons. The van der Waals surface area contributed by atoms with Gasteiger partial charge in [-0.05, 0) is 43.4 Å². The summed E-state index contributed by atoms with van der Waals surface area (Å²) in [5, 5.41) is 9.24. The molecule has 0 radical (unpaired) electrons. The van der Waals surface area contributed by atoms with E-state index in [0.29, 0.717) is 6.61 Å². The van der Waals surface area contributed by atoms with Crippen molar-refractivity contribution < 1.29 is 19.4 Å². The van der Waals surface area contributed by atoms with E-state index in [4.69, 9.17) is 9.47 Å². The van der Waals surface area contributed by atoms with Gasteiger partial charge < -0.3 is 14.6 Å². The summed E-state index contributed by atoms with van der Waals surface area (Å²) >= 11 is 0. The fourth-order valence-corrected chi connectivity index (χ4v) is 2.60. The van der Waals surface area contributed by atoms with Crippen molar-refractivity contribution in [3.63, 3.8) is 0 Å². The maximum Gasteiger partial charge on any atom is 0.314 e. The monoisotopic (exact) mass is 262 g/mol. The van der Waals surface area contributed by atoms with Gasteiger partial charge >= 0.3 is 5.97 Å². The molecule has 3 rings (SSSR count). The summed E-state index contributed by atoms with van der Waals surface area (Å²) in [6.07, 6.45) is 3.64. The van der Waals surface area contributed by atoms with E-state index in [1.807, 2.05) is 24.3 Å². The highest BCUT2D eigenvalue weighted by molar-refractivity contribution is 5.84. The topological polar surface area (TPSA) is 55.8 Å². The first-order valence-electron chi connectivity index (χ1n) is 6.79. The van der Waals surface area contributed by atoms with E-state index in [9.17, 15) is 9.90 Å². The number of hydrogen-bond donors (Lipinski definition) is 1. The number of carbonyl (C=O) groups is 1. The zero-order chi connectivity index (χ0) is 13.3. The molecule has 1 heterocycles. The molecule has 1 saturated heterocycles. The third-order valence-electron chi connectivity index (χ3n) is 3.99. The van der Waals surface area contributed by atoms with Crippen molar-refractivity contribution in [3.05, 3.63) is 29.8 Å². The van der Waals surface area contributed by atoms with Crippen LogP contribution in [0.25, 0.3) is 0 Å². The predicted octanol–water partition coefficient (Wildman–Crippen LogP) is 2.36. The molecule has 19 heavy (non-hydrogen) atoms. The van der Waals surface area contributed by atoms with Crippen LogP contribution in [0.4, 0.5) is 0 Å². The van der Waals surface area contributed by atoms with Crippen LogP contribution in [-0.2, 0) is 14.9 Å². The number of carboxylic acids is 1. The van der Waals surface area contributed by atoms with Crippen LogP contribution < -0.4 is 4.74 Å². The van der Waals surface area contributed by atoms with Crippen molar-refractivity contribution in [3.8, 4) is 5.75 Å². The average molecular weight is 262 g/mol. The molecular weight excluding hydrogens is 244 g/mol. The lowest BCUT2D eigenvalue weighted by Crippen LogP contribution is -2.28. The van der Waals surface area contributed by atoms with E-state index in [0.717, 1.165) is 43.6 Å². The molecule has 1 N–H and O–H groups in total. The summed E-state index contributed by atoms with van der Waals surface area (Å²) in [4.78, 5) is 11.2. The molecule has 2 fully saturated rings. The lowest BCUT2D eigenvalue weighted by atomic mass is 9.96. The van der Waals surface area contributed by atoms with Crippen molar-refractivity contribution in [1.29, 1.82) is 0 Å². The van der Waals surface area contributed by atoms with Gasteiger partial charge in [0.15, 0.2) is 0 Å². The fourth-order valence-electron chi connectivity index (χ4n) is 2.60. The second-order valence-electron chi connectivity index (χ2n) is 5.37. The third-order valence-corrected chi connectivity index (χ3v) is 3.99. The molecular formula is C15H18O4. The van der Waals surface area contributed by atoms with Crippen molar-refractivity contribution in [2.24, 2.45) is 0 Å². The van der Waals surface area contributed by atoms with Gasteiger partial charge in [-0.25, -0.2) is 0 Å². The summed E-state index contributed by atoms with van der Waals surface area (Å²) in [6.45, 7) is 1.46. The summed E-state index contributed by atoms with van der Waals surface area (Å²) in [5.41, 5.74) is 0.249. The lowest BCUT2D eigenvalue weighted by molar-refractivity contribution is -0.140. The van der Waals surface area contributed by atoms with Crippen LogP contribution in [0.1, 0.15) is 31.2 Å². The third kappa shape index (κ3) is 2.45. The minimum atomic E-state index is -0.721. The molecule has 1 aromatic carbocycles. The largest absolute Gasteiger partial charge is 0.488 e. The molecule has 1 saturated carbocycles. The molecule has 1 aliphatic carbocycles. The van der Waals surface area contributed by atoms with E-state index < -0.39 is 11.4 Å². The molecule has 0 amide bonds. The van der Waals surface area contributed by atoms with Gasteiger partial charge in [-0.2, -0.15) is 0 Å². The Labute approximate surface area is 112 Å². The van der Waals surface area contributed by atoms with Gasteiger partial charge in [-0.1, -0.05) is 12.1 Å². The Morgan fingerprint density at radius 3 is 2.58 bits per heavy atom. The highest BCUT2D eigenvalue weighted by Gasteiger charge is 2.51. The summed E-state index contributed by atoms with van der Waals surface area (Å²) < 4.78 is 11.2. The van der Waals surface area contributed by atoms with Crippen LogP contribution >= 0.6 is 0 Å². The first-order valence-corrected chi connectivity index (χ1v) is 6.79. The van der Waals surface area contributed by atoms with E-state index in [1.54, 1.807) is 0 Å². The second kappa shape index (κ2) is 4.85. The summed E-state index contributed by atoms with van der Waals surface area (Å²) in [5.74, 6) is 0.0716. The van der Waals surface area contributed by atoms with E-state index >= 15 is 0 Å². The molecule has 4 nitrogen and oxygen atoms in total. The summed E-state index contributed by atoms with van der Waals surface area (Å²) in [7, 11) is 0. The van der Waals surface area contributed by atoms with Crippen LogP contribution in [0.15, 0.2) is 24.3 Å². The maximum atomic E-state index is 11.2. The number of benzene rings is 1. The van der Waals surface area contributed by atoms with Gasteiger partial charge in [-0.3, -0.25) is 4.79 Å². The zero-order valence-corrected chi connectivity index (χ0v) is 10.8. The Hall–Kier alpha value is -1.55. The lowest BCUT2D eigenvalue weighted by Gasteiger charge is -2.23. The minimum Gasteiger partial charge on any atom is -0.488 e. The van der Waals surface area contributed by atoms with Crippen LogP contribution in [0.5, 0.6) is 5.75 Å². The predicted molar refractivity (Wildman–Crippen MR) is 69.5 cm³/mol. The Morgan fingerprint density at radius 2 is 2.05 bits per heavy atom. The van der Waals surface area contributed by atoms with Crippen LogP contribution in [0.3, 0.4) is 0 Å². The van der Waals surface area contributed by atoms with Crippen molar-refractivity contribution in [2.75, 3.05) is 13.2 Å². The van der Waals surface area contributed by atoms with Gasteiger partial charge in [0.2, 0.25) is 0 Å². The Kier molecular flexibility index (Phi) is 3.19. The van der Waals surface area contributed by atoms with Gasteiger partial charge in [0.1, 0.15) is 11.9 Å². The molecule has 4 heteroatoms. The highest BCUT2D eigenvalue weighted by atomic mass is 16.5. The van der Waals surface area contributed by atoms with Gasteiger partial charge in [0.25, 0.3) is 0 Å². The Morgan fingerprint density at radius 1 is 1.32 bits per heavy atom. The highest BCUT2D eigenvalue weighted by Crippen LogP contribution is 2.48. The molecule has 1 unspecified atom stereocenters. The number of rotatable bonds is 4. The van der Waals surface area contributed by atoms with Crippen LogP contribution in [0.2, 0.25) is 0 Å². The molecule has 1 aromatic rings. The van der Waals surface area contributed by atoms with Crippen molar-refractivity contribution >= 4 is 5.97 Å². The molecule has 1 aliphatic heterocycles. The average Bonchev–Trinajstić information content (AvgIpc) is 3.22. The van der Waals surface area contributed by atoms with E-state index in [2.05, 4.69) is 0 Å². The Bertz CT molecular complexity index is 456. The molecule has 0 bridgehead atoms. The first kappa shape index (κ1) is 12.5. The van der Waals surface area contributed by atoms with E-state index in [1.165, 1.54) is 0 Å². The maximum absolute atomic E-state index is 11.2. The van der Waals surface area contributed by atoms with Gasteiger partial charge in [0.05, 0.1) is 12.0 Å². The summed E-state index contributed by atoms with van der Waals surface area (Å²) in [6, 6.07) is 7.49. The number of hydrogen-bond acceptors (Lipinski definition) is 3. The standard InChI is InChI=1S/C15H18O4/c16-14(17)15(7-8-15)11-3-5-12(6-4-11)19-13-2-1-9-18-10-13/h3-6,13H,1-2,7-10H2,(H,16,17). The first-order chi connectivity index (χ1) is 9.21. The fraction of sp³-hybridized carbons (Fsp3) is 0.533.